The van der Waals surface area contributed by atoms with Gasteiger partial charge in [0.25, 0.3) is 5.91 Å². The molecule has 5 nitrogen and oxygen atoms in total. The van der Waals surface area contributed by atoms with Crippen molar-refractivity contribution in [2.24, 2.45) is 0 Å². The van der Waals surface area contributed by atoms with Crippen LogP contribution in [0.15, 0.2) is 53.7 Å². The molecule has 0 spiro atoms. The number of amides is 1. The lowest BCUT2D eigenvalue weighted by atomic mass is 9.90. The van der Waals surface area contributed by atoms with E-state index in [-0.39, 0.29) is 11.7 Å². The van der Waals surface area contributed by atoms with Crippen molar-refractivity contribution in [1.82, 2.24) is 20.1 Å². The highest BCUT2D eigenvalue weighted by molar-refractivity contribution is 8.00. The number of aromatic nitrogens is 3. The summed E-state index contributed by atoms with van der Waals surface area (Å²) >= 11 is 3.21. The number of carbonyl (C=O) groups is 1. The Balaban J connectivity index is 1.96. The standard InChI is InChI=1S/C24H27FN4OS2/c1-6-18(19-14-27-29(20(19)7-2)17-12-10-16(25)11-13-17)22(30)28-24(8-3,9-4)21-15-26-23(31-5)32-21/h6-7,10-15H,2,8-9H2,1,3-5H3,(H,28,30)/b18-6+. The van der Waals surface area contributed by atoms with Crippen molar-refractivity contribution in [2.75, 3.05) is 6.26 Å². The van der Waals surface area contributed by atoms with E-state index in [0.29, 0.717) is 22.5 Å². The van der Waals surface area contributed by atoms with E-state index in [1.165, 1.54) is 12.1 Å². The van der Waals surface area contributed by atoms with Crippen molar-refractivity contribution >= 4 is 40.7 Å². The molecule has 0 saturated carbocycles. The Kier molecular flexibility index (Phi) is 7.69. The van der Waals surface area contributed by atoms with Gasteiger partial charge in [-0.3, -0.25) is 4.79 Å². The molecule has 0 fully saturated rings. The summed E-state index contributed by atoms with van der Waals surface area (Å²) in [4.78, 5) is 19.0. The predicted octanol–water partition coefficient (Wildman–Crippen LogP) is 6.07. The molecule has 1 aromatic carbocycles. The van der Waals surface area contributed by atoms with Crippen LogP contribution in [0.5, 0.6) is 0 Å². The monoisotopic (exact) mass is 470 g/mol. The van der Waals surface area contributed by atoms with Gasteiger partial charge in [-0.05, 0) is 56.4 Å². The summed E-state index contributed by atoms with van der Waals surface area (Å²) in [6.45, 7) is 9.87. The van der Waals surface area contributed by atoms with Gasteiger partial charge in [0, 0.05) is 17.3 Å². The summed E-state index contributed by atoms with van der Waals surface area (Å²) in [5.74, 6) is -0.505. The Morgan fingerprint density at radius 1 is 1.28 bits per heavy atom. The van der Waals surface area contributed by atoms with E-state index < -0.39 is 5.54 Å². The normalized spacial score (nSPS) is 12.1. The lowest BCUT2D eigenvalue weighted by Crippen LogP contribution is -2.44. The van der Waals surface area contributed by atoms with Gasteiger partial charge in [0.1, 0.15) is 10.2 Å². The second-order valence-corrected chi connectivity index (χ2v) is 9.26. The van der Waals surface area contributed by atoms with Crippen LogP contribution in [0.25, 0.3) is 17.3 Å². The van der Waals surface area contributed by atoms with E-state index >= 15 is 0 Å². The fourth-order valence-electron chi connectivity index (χ4n) is 3.65. The van der Waals surface area contributed by atoms with Gasteiger partial charge in [-0.2, -0.15) is 5.10 Å². The Morgan fingerprint density at radius 2 is 1.97 bits per heavy atom. The minimum atomic E-state index is -0.502. The average molecular weight is 471 g/mol. The first-order valence-corrected chi connectivity index (χ1v) is 12.4. The first-order chi connectivity index (χ1) is 15.4. The van der Waals surface area contributed by atoms with Crippen LogP contribution >= 0.6 is 23.1 Å². The molecule has 8 heteroatoms. The molecule has 3 aromatic rings. The van der Waals surface area contributed by atoms with E-state index in [0.717, 1.165) is 22.1 Å². The number of hydrogen-bond donors (Lipinski definition) is 1. The van der Waals surface area contributed by atoms with E-state index in [9.17, 15) is 9.18 Å². The van der Waals surface area contributed by atoms with Gasteiger partial charge in [0.15, 0.2) is 0 Å². The lowest BCUT2D eigenvalue weighted by Gasteiger charge is -2.32. The van der Waals surface area contributed by atoms with Crippen LogP contribution in [0, 0.1) is 5.82 Å². The largest absolute Gasteiger partial charge is 0.342 e. The maximum absolute atomic E-state index is 13.5. The number of halogens is 1. The molecule has 0 bridgehead atoms. The molecule has 0 aliphatic rings. The van der Waals surface area contributed by atoms with Crippen LogP contribution < -0.4 is 5.32 Å². The molecular formula is C24H27FN4OS2. The van der Waals surface area contributed by atoms with Crippen molar-refractivity contribution < 1.29 is 9.18 Å². The van der Waals surface area contributed by atoms with Gasteiger partial charge >= 0.3 is 0 Å². The van der Waals surface area contributed by atoms with E-state index in [2.05, 4.69) is 35.8 Å². The molecule has 32 heavy (non-hydrogen) atoms. The van der Waals surface area contributed by atoms with Crippen molar-refractivity contribution in [3.8, 4) is 5.69 Å². The second kappa shape index (κ2) is 10.3. The minimum Gasteiger partial charge on any atom is -0.342 e. The van der Waals surface area contributed by atoms with Crippen LogP contribution in [-0.2, 0) is 10.3 Å². The minimum absolute atomic E-state index is 0.183. The summed E-state index contributed by atoms with van der Waals surface area (Å²) in [5.41, 5.74) is 2.03. The molecule has 0 atom stereocenters. The molecule has 168 valence electrons. The van der Waals surface area contributed by atoms with Gasteiger partial charge in [-0.1, -0.05) is 38.3 Å². The Bertz CT molecular complexity index is 1130. The first kappa shape index (κ1) is 23.9. The number of nitrogens with zero attached hydrogens (tertiary/aromatic N) is 3. The number of thioether (sulfide) groups is 1. The average Bonchev–Trinajstić information content (AvgIpc) is 3.46. The lowest BCUT2D eigenvalue weighted by molar-refractivity contribution is -0.117. The molecule has 3 rings (SSSR count). The van der Waals surface area contributed by atoms with Crippen LogP contribution in [-0.4, -0.2) is 26.9 Å². The fraction of sp³-hybridized carbons (Fsp3) is 0.292. The van der Waals surface area contributed by atoms with Crippen molar-refractivity contribution in [2.45, 2.75) is 43.5 Å². The second-order valence-electron chi connectivity index (χ2n) is 7.18. The number of carbonyl (C=O) groups excluding carboxylic acids is 1. The molecule has 1 amide bonds. The van der Waals surface area contributed by atoms with Gasteiger partial charge in [0.2, 0.25) is 0 Å². The molecular weight excluding hydrogens is 443 g/mol. The Labute approximate surface area is 196 Å². The third-order valence-corrected chi connectivity index (χ3v) is 7.79. The number of nitrogens with one attached hydrogen (secondary N) is 1. The van der Waals surface area contributed by atoms with Gasteiger partial charge in [0.05, 0.1) is 28.0 Å². The molecule has 1 N–H and O–H groups in total. The molecule has 2 aromatic heterocycles. The highest BCUT2D eigenvalue weighted by Gasteiger charge is 2.34. The van der Waals surface area contributed by atoms with Crippen LogP contribution in [0.3, 0.4) is 0 Å². The van der Waals surface area contributed by atoms with Crippen molar-refractivity contribution in [3.05, 3.63) is 71.3 Å². The molecule has 0 aliphatic heterocycles. The highest BCUT2D eigenvalue weighted by Crippen LogP contribution is 2.36. The van der Waals surface area contributed by atoms with Gasteiger partial charge < -0.3 is 5.32 Å². The number of rotatable bonds is 9. The number of thiazole rings is 1. The smallest absolute Gasteiger partial charge is 0.252 e. The van der Waals surface area contributed by atoms with E-state index in [1.54, 1.807) is 58.3 Å². The summed E-state index contributed by atoms with van der Waals surface area (Å²) in [6.07, 6.45) is 10.4. The van der Waals surface area contributed by atoms with Crippen LogP contribution in [0.4, 0.5) is 4.39 Å². The SMILES string of the molecule is C=Cc1c(/C(=C\C)C(=O)NC(CC)(CC)c2cnc(SC)s2)cnn1-c1ccc(F)cc1. The number of benzene rings is 1. The van der Waals surface area contributed by atoms with E-state index in [4.69, 9.17) is 0 Å². The zero-order chi connectivity index (χ0) is 23.3. The Morgan fingerprint density at radius 3 is 2.50 bits per heavy atom. The molecule has 2 heterocycles. The molecule has 0 aliphatic carbocycles. The molecule has 0 saturated heterocycles. The van der Waals surface area contributed by atoms with Crippen LogP contribution in [0.1, 0.15) is 49.7 Å². The third kappa shape index (κ3) is 4.56. The van der Waals surface area contributed by atoms with Crippen molar-refractivity contribution in [3.63, 3.8) is 0 Å². The maximum atomic E-state index is 13.5. The number of hydrogen-bond acceptors (Lipinski definition) is 5. The highest BCUT2D eigenvalue weighted by atomic mass is 32.2. The maximum Gasteiger partial charge on any atom is 0.252 e. The predicted molar refractivity (Wildman–Crippen MR) is 132 cm³/mol. The summed E-state index contributed by atoms with van der Waals surface area (Å²) < 4.78 is 16.0. The number of allylic oxidation sites excluding steroid dienone is 1. The van der Waals surface area contributed by atoms with E-state index in [1.807, 2.05) is 19.4 Å². The van der Waals surface area contributed by atoms with Gasteiger partial charge in [-0.15, -0.1) is 11.3 Å². The topological polar surface area (TPSA) is 59.8 Å². The summed E-state index contributed by atoms with van der Waals surface area (Å²) in [5, 5.41) is 7.71. The van der Waals surface area contributed by atoms with Gasteiger partial charge in [-0.25, -0.2) is 14.1 Å². The zero-order valence-corrected chi connectivity index (χ0v) is 20.3. The Hall–Kier alpha value is -2.71. The molecule has 0 unspecified atom stereocenters. The summed E-state index contributed by atoms with van der Waals surface area (Å²) in [6, 6.07) is 6.03. The first-order valence-electron chi connectivity index (χ1n) is 10.4. The third-order valence-electron chi connectivity index (χ3n) is 5.59. The summed E-state index contributed by atoms with van der Waals surface area (Å²) in [7, 11) is 0. The molecule has 0 radical (unpaired) electrons. The van der Waals surface area contributed by atoms with Crippen LogP contribution in [0.2, 0.25) is 0 Å². The van der Waals surface area contributed by atoms with Crippen molar-refractivity contribution in [1.29, 1.82) is 0 Å². The zero-order valence-electron chi connectivity index (χ0n) is 18.7. The fourth-order valence-corrected chi connectivity index (χ4v) is 5.35. The quantitative estimate of drug-likeness (QED) is 0.305.